The molecule has 0 aromatic heterocycles. The summed E-state index contributed by atoms with van der Waals surface area (Å²) in [5.74, 6) is 0.233. The first-order valence-corrected chi connectivity index (χ1v) is 8.60. The summed E-state index contributed by atoms with van der Waals surface area (Å²) in [6.45, 7) is 4.55. The van der Waals surface area contributed by atoms with Gasteiger partial charge in [-0.2, -0.15) is 5.26 Å². The number of piperazine rings is 1. The van der Waals surface area contributed by atoms with Crippen LogP contribution in [0.5, 0.6) is 5.75 Å². The molecule has 0 N–H and O–H groups in total. The van der Waals surface area contributed by atoms with Gasteiger partial charge in [-0.1, -0.05) is 29.8 Å². The molecule has 0 unspecified atom stereocenters. The van der Waals surface area contributed by atoms with Gasteiger partial charge in [-0.15, -0.1) is 0 Å². The Bertz CT molecular complexity index is 770. The van der Waals surface area contributed by atoms with E-state index < -0.39 is 5.82 Å². The van der Waals surface area contributed by atoms with E-state index in [9.17, 15) is 9.65 Å². The summed E-state index contributed by atoms with van der Waals surface area (Å²) in [6.07, 6.45) is 0. The fraction of sp³-hybridized carbons (Fsp3) is 0.316. The third-order valence-corrected chi connectivity index (χ3v) is 4.63. The Kier molecular flexibility index (Phi) is 5.75. The Morgan fingerprint density at radius 3 is 2.56 bits per heavy atom. The highest BCUT2D eigenvalue weighted by Crippen LogP contribution is 2.24. The molecule has 0 aliphatic carbocycles. The predicted octanol–water partition coefficient (Wildman–Crippen LogP) is 3.55. The first-order chi connectivity index (χ1) is 12.2. The lowest BCUT2D eigenvalue weighted by Crippen LogP contribution is -2.47. The lowest BCUT2D eigenvalue weighted by Gasteiger charge is -2.36. The zero-order chi connectivity index (χ0) is 17.6. The van der Waals surface area contributed by atoms with Gasteiger partial charge in [0.1, 0.15) is 29.8 Å². The summed E-state index contributed by atoms with van der Waals surface area (Å²) in [5.41, 5.74) is 0.799. The molecule has 1 fully saturated rings. The van der Waals surface area contributed by atoms with Gasteiger partial charge in [0, 0.05) is 32.7 Å². The number of anilines is 1. The summed E-state index contributed by atoms with van der Waals surface area (Å²) < 4.78 is 19.5. The van der Waals surface area contributed by atoms with Crippen molar-refractivity contribution in [2.24, 2.45) is 0 Å². The van der Waals surface area contributed by atoms with Gasteiger partial charge in [0.15, 0.2) is 0 Å². The average molecular weight is 360 g/mol. The standard InChI is InChI=1S/C19H19ClFN3O/c20-16-4-1-2-7-19(16)25-13-12-23-8-10-24(11-9-23)18-6-3-5-17(21)15(18)14-22/h1-7H,8-13H2. The highest BCUT2D eigenvalue weighted by molar-refractivity contribution is 6.32. The predicted molar refractivity (Wildman–Crippen MR) is 96.7 cm³/mol. The lowest BCUT2D eigenvalue weighted by molar-refractivity contribution is 0.200. The molecule has 0 amide bonds. The summed E-state index contributed by atoms with van der Waals surface area (Å²) in [7, 11) is 0. The van der Waals surface area contributed by atoms with Crippen LogP contribution in [-0.4, -0.2) is 44.2 Å². The van der Waals surface area contributed by atoms with Gasteiger partial charge in [0.2, 0.25) is 0 Å². The molecule has 2 aromatic rings. The summed E-state index contributed by atoms with van der Waals surface area (Å²) in [6, 6.07) is 14.2. The smallest absolute Gasteiger partial charge is 0.143 e. The molecule has 0 bridgehead atoms. The Morgan fingerprint density at radius 2 is 1.84 bits per heavy atom. The third kappa shape index (κ3) is 4.22. The summed E-state index contributed by atoms with van der Waals surface area (Å²) >= 11 is 6.07. The topological polar surface area (TPSA) is 39.5 Å². The van der Waals surface area contributed by atoms with Crippen LogP contribution >= 0.6 is 11.6 Å². The van der Waals surface area contributed by atoms with Crippen molar-refractivity contribution in [2.45, 2.75) is 0 Å². The minimum atomic E-state index is -0.462. The molecule has 4 nitrogen and oxygen atoms in total. The number of halogens is 2. The first-order valence-electron chi connectivity index (χ1n) is 8.22. The van der Waals surface area contributed by atoms with Crippen molar-refractivity contribution < 1.29 is 9.13 Å². The maximum Gasteiger partial charge on any atom is 0.143 e. The number of benzene rings is 2. The lowest BCUT2D eigenvalue weighted by atomic mass is 10.1. The van der Waals surface area contributed by atoms with E-state index in [1.807, 2.05) is 24.3 Å². The quantitative estimate of drug-likeness (QED) is 0.818. The molecule has 2 aromatic carbocycles. The van der Waals surface area contributed by atoms with Crippen LogP contribution in [0, 0.1) is 17.1 Å². The molecule has 0 saturated carbocycles. The zero-order valence-corrected chi connectivity index (χ0v) is 14.5. The van der Waals surface area contributed by atoms with Crippen molar-refractivity contribution >= 4 is 17.3 Å². The van der Waals surface area contributed by atoms with Crippen LogP contribution in [0.15, 0.2) is 42.5 Å². The van der Waals surface area contributed by atoms with Crippen molar-refractivity contribution in [1.29, 1.82) is 5.26 Å². The normalized spacial score (nSPS) is 15.0. The van der Waals surface area contributed by atoms with Gasteiger partial charge < -0.3 is 9.64 Å². The van der Waals surface area contributed by atoms with Crippen molar-refractivity contribution in [3.05, 3.63) is 58.9 Å². The van der Waals surface area contributed by atoms with Crippen LogP contribution in [0.3, 0.4) is 0 Å². The fourth-order valence-corrected chi connectivity index (χ4v) is 3.14. The van der Waals surface area contributed by atoms with E-state index in [2.05, 4.69) is 9.80 Å². The molecular formula is C19H19ClFN3O. The second-order valence-electron chi connectivity index (χ2n) is 5.85. The minimum absolute atomic E-state index is 0.123. The van der Waals surface area contributed by atoms with E-state index in [0.29, 0.717) is 23.1 Å². The van der Waals surface area contributed by atoms with Crippen molar-refractivity contribution in [3.63, 3.8) is 0 Å². The van der Waals surface area contributed by atoms with Crippen LogP contribution < -0.4 is 9.64 Å². The van der Waals surface area contributed by atoms with E-state index in [1.165, 1.54) is 6.07 Å². The first kappa shape index (κ1) is 17.5. The Morgan fingerprint density at radius 1 is 1.08 bits per heavy atom. The number of ether oxygens (including phenoxy) is 1. The Labute approximate surface area is 152 Å². The molecule has 3 rings (SSSR count). The van der Waals surface area contributed by atoms with Crippen LogP contribution in [0.4, 0.5) is 10.1 Å². The van der Waals surface area contributed by atoms with E-state index >= 15 is 0 Å². The summed E-state index contributed by atoms with van der Waals surface area (Å²) in [5, 5.41) is 9.79. The molecule has 25 heavy (non-hydrogen) atoms. The second-order valence-corrected chi connectivity index (χ2v) is 6.26. The minimum Gasteiger partial charge on any atom is -0.491 e. The monoisotopic (exact) mass is 359 g/mol. The number of nitrogens with zero attached hydrogens (tertiary/aromatic N) is 3. The van der Waals surface area contributed by atoms with Gasteiger partial charge in [0.05, 0.1) is 10.7 Å². The van der Waals surface area contributed by atoms with E-state index in [0.717, 1.165) is 32.7 Å². The molecule has 0 radical (unpaired) electrons. The molecule has 0 atom stereocenters. The van der Waals surface area contributed by atoms with Gasteiger partial charge in [0.25, 0.3) is 0 Å². The molecule has 1 aliphatic rings. The summed E-state index contributed by atoms with van der Waals surface area (Å²) in [4.78, 5) is 4.35. The zero-order valence-electron chi connectivity index (χ0n) is 13.8. The molecule has 1 aliphatic heterocycles. The van der Waals surface area contributed by atoms with Crippen molar-refractivity contribution in [2.75, 3.05) is 44.2 Å². The Hall–Kier alpha value is -2.29. The van der Waals surface area contributed by atoms with Gasteiger partial charge in [-0.25, -0.2) is 4.39 Å². The van der Waals surface area contributed by atoms with E-state index in [-0.39, 0.29) is 5.56 Å². The molecule has 6 heteroatoms. The highest BCUT2D eigenvalue weighted by Gasteiger charge is 2.20. The maximum atomic E-state index is 13.8. The van der Waals surface area contributed by atoms with E-state index in [4.69, 9.17) is 16.3 Å². The van der Waals surface area contributed by atoms with E-state index in [1.54, 1.807) is 18.2 Å². The Balaban J connectivity index is 1.50. The second kappa shape index (κ2) is 8.19. The largest absolute Gasteiger partial charge is 0.491 e. The molecule has 1 heterocycles. The molecule has 0 spiro atoms. The molecular weight excluding hydrogens is 341 g/mol. The van der Waals surface area contributed by atoms with Gasteiger partial charge >= 0.3 is 0 Å². The number of nitriles is 1. The van der Waals surface area contributed by atoms with Crippen LogP contribution in [0.2, 0.25) is 5.02 Å². The number of para-hydroxylation sites is 1. The highest BCUT2D eigenvalue weighted by atomic mass is 35.5. The fourth-order valence-electron chi connectivity index (χ4n) is 2.95. The van der Waals surface area contributed by atoms with Crippen LogP contribution in [0.1, 0.15) is 5.56 Å². The maximum absolute atomic E-state index is 13.8. The number of rotatable bonds is 5. The van der Waals surface area contributed by atoms with Crippen molar-refractivity contribution in [3.8, 4) is 11.8 Å². The number of hydrogen-bond donors (Lipinski definition) is 0. The third-order valence-electron chi connectivity index (χ3n) is 4.32. The van der Waals surface area contributed by atoms with Crippen molar-refractivity contribution in [1.82, 2.24) is 4.90 Å². The van der Waals surface area contributed by atoms with Crippen LogP contribution in [-0.2, 0) is 0 Å². The SMILES string of the molecule is N#Cc1c(F)cccc1N1CCN(CCOc2ccccc2Cl)CC1. The number of hydrogen-bond acceptors (Lipinski definition) is 4. The molecule has 1 saturated heterocycles. The van der Waals surface area contributed by atoms with Crippen LogP contribution in [0.25, 0.3) is 0 Å². The van der Waals surface area contributed by atoms with Gasteiger partial charge in [-0.05, 0) is 24.3 Å². The average Bonchev–Trinajstić information content (AvgIpc) is 2.64. The van der Waals surface area contributed by atoms with Gasteiger partial charge in [-0.3, -0.25) is 4.90 Å². The molecule has 130 valence electrons.